The van der Waals surface area contributed by atoms with Gasteiger partial charge in [-0.25, -0.2) is 4.98 Å². The van der Waals surface area contributed by atoms with Crippen molar-refractivity contribution in [3.8, 4) is 0 Å². The Labute approximate surface area is 111 Å². The van der Waals surface area contributed by atoms with Crippen molar-refractivity contribution in [2.45, 2.75) is 13.0 Å². The second-order valence-corrected chi connectivity index (χ2v) is 4.20. The Morgan fingerprint density at radius 2 is 2.21 bits per heavy atom. The standard InChI is InChI=1S/C13H16N4O2/c1-14-6-8-16-9-7-15-13(16)10-11-4-2-3-5-12(11)17(18)19/h2-5,7,9,14H,6,8,10H2,1H3. The van der Waals surface area contributed by atoms with Crippen LogP contribution in [0.1, 0.15) is 11.4 Å². The van der Waals surface area contributed by atoms with Gasteiger partial charge in [-0.15, -0.1) is 0 Å². The lowest BCUT2D eigenvalue weighted by molar-refractivity contribution is -0.385. The highest BCUT2D eigenvalue weighted by atomic mass is 16.6. The summed E-state index contributed by atoms with van der Waals surface area (Å²) in [5.41, 5.74) is 0.829. The summed E-state index contributed by atoms with van der Waals surface area (Å²) < 4.78 is 2.01. The highest BCUT2D eigenvalue weighted by Crippen LogP contribution is 2.20. The molecule has 0 radical (unpaired) electrons. The minimum absolute atomic E-state index is 0.144. The third kappa shape index (κ3) is 3.17. The molecular weight excluding hydrogens is 244 g/mol. The molecule has 0 aliphatic carbocycles. The number of nitro benzene ring substituents is 1. The number of hydrogen-bond donors (Lipinski definition) is 1. The third-order valence-corrected chi connectivity index (χ3v) is 2.94. The molecule has 1 aromatic heterocycles. The molecule has 0 aliphatic heterocycles. The fourth-order valence-electron chi connectivity index (χ4n) is 1.95. The van der Waals surface area contributed by atoms with E-state index in [1.807, 2.05) is 23.9 Å². The van der Waals surface area contributed by atoms with Gasteiger partial charge in [-0.1, -0.05) is 18.2 Å². The average molecular weight is 260 g/mol. The molecule has 0 bridgehead atoms. The van der Waals surface area contributed by atoms with Crippen LogP contribution in [0.25, 0.3) is 0 Å². The van der Waals surface area contributed by atoms with Crippen LogP contribution in [0.15, 0.2) is 36.7 Å². The first-order chi connectivity index (χ1) is 9.22. The molecule has 1 aromatic carbocycles. The maximum atomic E-state index is 11.0. The van der Waals surface area contributed by atoms with Gasteiger partial charge in [0.15, 0.2) is 0 Å². The Hall–Kier alpha value is -2.21. The van der Waals surface area contributed by atoms with E-state index < -0.39 is 0 Å². The molecule has 0 saturated heterocycles. The van der Waals surface area contributed by atoms with Gasteiger partial charge in [-0.3, -0.25) is 10.1 Å². The topological polar surface area (TPSA) is 73.0 Å². The largest absolute Gasteiger partial charge is 0.333 e. The van der Waals surface area contributed by atoms with Crippen molar-refractivity contribution in [2.24, 2.45) is 0 Å². The van der Waals surface area contributed by atoms with Crippen molar-refractivity contribution < 1.29 is 4.92 Å². The van der Waals surface area contributed by atoms with Gasteiger partial charge in [0.25, 0.3) is 5.69 Å². The number of benzene rings is 1. The fraction of sp³-hybridized carbons (Fsp3) is 0.308. The van der Waals surface area contributed by atoms with Gasteiger partial charge in [0.05, 0.1) is 4.92 Å². The van der Waals surface area contributed by atoms with Crippen molar-refractivity contribution in [2.75, 3.05) is 13.6 Å². The van der Waals surface area contributed by atoms with Crippen LogP contribution in [-0.4, -0.2) is 28.1 Å². The van der Waals surface area contributed by atoms with E-state index in [1.165, 1.54) is 6.07 Å². The smallest absolute Gasteiger partial charge is 0.273 e. The molecule has 6 nitrogen and oxygen atoms in total. The van der Waals surface area contributed by atoms with Gasteiger partial charge < -0.3 is 9.88 Å². The van der Waals surface area contributed by atoms with Crippen LogP contribution in [0.3, 0.4) is 0 Å². The van der Waals surface area contributed by atoms with E-state index >= 15 is 0 Å². The predicted molar refractivity (Wildman–Crippen MR) is 72.1 cm³/mol. The Bertz CT molecular complexity index is 565. The number of rotatable bonds is 6. The summed E-state index contributed by atoms with van der Waals surface area (Å²) in [4.78, 5) is 14.9. The lowest BCUT2D eigenvalue weighted by Gasteiger charge is -2.07. The summed E-state index contributed by atoms with van der Waals surface area (Å²) in [5.74, 6) is 0.838. The van der Waals surface area contributed by atoms with Crippen LogP contribution >= 0.6 is 0 Å². The number of para-hydroxylation sites is 1. The molecule has 0 amide bonds. The molecule has 6 heteroatoms. The molecule has 1 N–H and O–H groups in total. The van der Waals surface area contributed by atoms with Crippen molar-refractivity contribution in [1.82, 2.24) is 14.9 Å². The lowest BCUT2D eigenvalue weighted by atomic mass is 10.1. The van der Waals surface area contributed by atoms with Crippen molar-refractivity contribution in [3.05, 3.63) is 58.2 Å². The lowest BCUT2D eigenvalue weighted by Crippen LogP contribution is -2.16. The number of nitrogens with one attached hydrogen (secondary N) is 1. The van der Waals surface area contributed by atoms with Gasteiger partial charge in [-0.2, -0.15) is 0 Å². The zero-order chi connectivity index (χ0) is 13.7. The van der Waals surface area contributed by atoms with Gasteiger partial charge in [-0.05, 0) is 7.05 Å². The van der Waals surface area contributed by atoms with E-state index in [-0.39, 0.29) is 10.6 Å². The minimum atomic E-state index is -0.351. The second-order valence-electron chi connectivity index (χ2n) is 4.20. The van der Waals surface area contributed by atoms with Crippen LogP contribution in [0.5, 0.6) is 0 Å². The molecule has 0 spiro atoms. The Morgan fingerprint density at radius 1 is 1.42 bits per heavy atom. The Balaban J connectivity index is 2.22. The predicted octanol–water partition coefficient (Wildman–Crippen LogP) is 1.60. The van der Waals surface area contributed by atoms with Crippen molar-refractivity contribution in [1.29, 1.82) is 0 Å². The normalized spacial score (nSPS) is 10.6. The van der Waals surface area contributed by atoms with Gasteiger partial charge >= 0.3 is 0 Å². The zero-order valence-electron chi connectivity index (χ0n) is 10.7. The zero-order valence-corrected chi connectivity index (χ0v) is 10.7. The molecule has 0 atom stereocenters. The molecule has 0 fully saturated rings. The molecule has 1 heterocycles. The number of nitro groups is 1. The highest BCUT2D eigenvalue weighted by Gasteiger charge is 2.14. The van der Waals surface area contributed by atoms with E-state index in [0.717, 1.165) is 18.9 Å². The van der Waals surface area contributed by atoms with Gasteiger partial charge in [0.1, 0.15) is 5.82 Å². The van der Waals surface area contributed by atoms with Gasteiger partial charge in [0.2, 0.25) is 0 Å². The molecule has 2 rings (SSSR count). The monoisotopic (exact) mass is 260 g/mol. The maximum absolute atomic E-state index is 11.0. The molecule has 2 aromatic rings. The van der Waals surface area contributed by atoms with Gasteiger partial charge in [0, 0.05) is 43.5 Å². The Kier molecular flexibility index (Phi) is 4.25. The minimum Gasteiger partial charge on any atom is -0.333 e. The van der Waals surface area contributed by atoms with E-state index in [4.69, 9.17) is 0 Å². The molecule has 0 unspecified atom stereocenters. The van der Waals surface area contributed by atoms with E-state index in [9.17, 15) is 10.1 Å². The first-order valence-corrected chi connectivity index (χ1v) is 6.09. The fourth-order valence-corrected chi connectivity index (χ4v) is 1.95. The molecule has 100 valence electrons. The SMILES string of the molecule is CNCCn1ccnc1Cc1ccccc1[N+](=O)[O-]. The van der Waals surface area contributed by atoms with Crippen LogP contribution < -0.4 is 5.32 Å². The van der Waals surface area contributed by atoms with Crippen LogP contribution in [0.2, 0.25) is 0 Å². The third-order valence-electron chi connectivity index (χ3n) is 2.94. The molecule has 19 heavy (non-hydrogen) atoms. The number of likely N-dealkylation sites (N-methyl/N-ethyl adjacent to an activating group) is 1. The molecule has 0 saturated carbocycles. The van der Waals surface area contributed by atoms with Crippen molar-refractivity contribution in [3.63, 3.8) is 0 Å². The quantitative estimate of drug-likeness (QED) is 0.632. The average Bonchev–Trinajstić information content (AvgIpc) is 2.84. The van der Waals surface area contributed by atoms with Crippen molar-refractivity contribution >= 4 is 5.69 Å². The number of hydrogen-bond acceptors (Lipinski definition) is 4. The van der Waals surface area contributed by atoms with Crippen LogP contribution in [-0.2, 0) is 13.0 Å². The van der Waals surface area contributed by atoms with E-state index in [0.29, 0.717) is 12.0 Å². The summed E-state index contributed by atoms with van der Waals surface area (Å²) in [6.07, 6.45) is 4.08. The number of aromatic nitrogens is 2. The summed E-state index contributed by atoms with van der Waals surface area (Å²) in [6.45, 7) is 1.63. The summed E-state index contributed by atoms with van der Waals surface area (Å²) in [5, 5.41) is 14.0. The first kappa shape index (κ1) is 13.2. The Morgan fingerprint density at radius 3 is 2.95 bits per heavy atom. The summed E-state index contributed by atoms with van der Waals surface area (Å²) >= 11 is 0. The maximum Gasteiger partial charge on any atom is 0.273 e. The highest BCUT2D eigenvalue weighted by molar-refractivity contribution is 5.41. The summed E-state index contributed by atoms with van der Waals surface area (Å²) in [6, 6.07) is 6.78. The van der Waals surface area contributed by atoms with Crippen LogP contribution in [0, 0.1) is 10.1 Å². The van der Waals surface area contributed by atoms with Crippen LogP contribution in [0.4, 0.5) is 5.69 Å². The second kappa shape index (κ2) is 6.10. The van der Waals surface area contributed by atoms with E-state index in [2.05, 4.69) is 10.3 Å². The first-order valence-electron chi connectivity index (χ1n) is 6.09. The molecular formula is C13H16N4O2. The molecule has 0 aliphatic rings. The number of imidazole rings is 1. The summed E-state index contributed by atoms with van der Waals surface area (Å²) in [7, 11) is 1.89. The number of nitrogens with zero attached hydrogens (tertiary/aromatic N) is 3. The van der Waals surface area contributed by atoms with E-state index in [1.54, 1.807) is 18.3 Å².